The molecule has 106 valence electrons. The Morgan fingerprint density at radius 1 is 1.42 bits per heavy atom. The Balaban J connectivity index is 0.00000162. The monoisotopic (exact) mass is 303 g/mol. The van der Waals surface area contributed by atoms with Crippen molar-refractivity contribution in [1.29, 1.82) is 5.26 Å². The quantitative estimate of drug-likeness (QED) is 0.882. The van der Waals surface area contributed by atoms with Crippen LogP contribution in [0.5, 0.6) is 0 Å². The first kappa shape index (κ1) is 17.9. The summed E-state index contributed by atoms with van der Waals surface area (Å²) in [5.74, 6) is 0.534. The van der Waals surface area contributed by atoms with Gasteiger partial charge in [-0.2, -0.15) is 5.26 Å². The average Bonchev–Trinajstić information content (AvgIpc) is 2.38. The van der Waals surface area contributed by atoms with Gasteiger partial charge < -0.3 is 11.1 Å². The molecular weight excluding hydrogens is 285 g/mol. The highest BCUT2D eigenvalue weighted by atomic mass is 35.5. The molecule has 0 unspecified atom stereocenters. The van der Waals surface area contributed by atoms with Crippen molar-refractivity contribution in [2.45, 2.75) is 12.5 Å². The highest BCUT2D eigenvalue weighted by Crippen LogP contribution is 2.27. The van der Waals surface area contributed by atoms with E-state index in [1.165, 1.54) is 0 Å². The van der Waals surface area contributed by atoms with Crippen molar-refractivity contribution in [1.82, 2.24) is 15.2 Å². The van der Waals surface area contributed by atoms with Crippen LogP contribution in [0.3, 0.4) is 0 Å². The number of pyridine rings is 1. The topological polar surface area (TPSA) is 78.0 Å². The zero-order valence-corrected chi connectivity index (χ0v) is 12.2. The summed E-state index contributed by atoms with van der Waals surface area (Å²) in [7, 11) is 0. The summed E-state index contributed by atoms with van der Waals surface area (Å²) in [5.41, 5.74) is 6.86. The first-order valence-electron chi connectivity index (χ1n) is 5.85. The van der Waals surface area contributed by atoms with Crippen LogP contribution >= 0.6 is 24.8 Å². The lowest BCUT2D eigenvalue weighted by molar-refractivity contribution is 0.176. The Kier molecular flexibility index (Phi) is 8.44. The number of nitrogens with two attached hydrogens (primary N) is 1. The number of nitrogens with one attached hydrogen (secondary N) is 1. The summed E-state index contributed by atoms with van der Waals surface area (Å²) in [6, 6.07) is 6.15. The number of piperazine rings is 1. The summed E-state index contributed by atoms with van der Waals surface area (Å²) in [6.07, 6.45) is 2.13. The molecule has 0 amide bonds. The van der Waals surface area contributed by atoms with E-state index in [-0.39, 0.29) is 30.9 Å². The molecule has 2 rings (SSSR count). The minimum absolute atomic E-state index is 0. The predicted octanol–water partition coefficient (Wildman–Crippen LogP) is 1.37. The lowest BCUT2D eigenvalue weighted by atomic mass is 10.0. The summed E-state index contributed by atoms with van der Waals surface area (Å²) in [6.45, 7) is 3.81. The van der Waals surface area contributed by atoms with E-state index in [0.29, 0.717) is 12.2 Å². The van der Waals surface area contributed by atoms with Gasteiger partial charge in [0.2, 0.25) is 0 Å². The molecule has 1 aliphatic rings. The Hall–Kier alpha value is -1.06. The summed E-state index contributed by atoms with van der Waals surface area (Å²) >= 11 is 0. The molecule has 1 fully saturated rings. The zero-order valence-electron chi connectivity index (χ0n) is 10.6. The van der Waals surface area contributed by atoms with Crippen molar-refractivity contribution in [2.75, 3.05) is 31.9 Å². The van der Waals surface area contributed by atoms with Crippen LogP contribution in [0.25, 0.3) is 0 Å². The number of rotatable bonds is 3. The molecule has 0 saturated carbocycles. The standard InChI is InChI=1S/C12H17N5.2ClH/c13-4-3-11(17-8-6-15-7-9-17)10-2-1-5-16-12(10)14;;/h1-2,5,11,15H,3,6-9H2,(H2,14,16);2*1H/t11-;;/m1../s1. The first-order chi connectivity index (χ1) is 8.33. The van der Waals surface area contributed by atoms with Gasteiger partial charge in [0.15, 0.2) is 0 Å². The lowest BCUT2D eigenvalue weighted by Gasteiger charge is -2.34. The van der Waals surface area contributed by atoms with Crippen molar-refractivity contribution < 1.29 is 0 Å². The number of hydrogen-bond donors (Lipinski definition) is 2. The fraction of sp³-hybridized carbons (Fsp3) is 0.500. The third-order valence-electron chi connectivity index (χ3n) is 3.11. The number of halogens is 2. The number of anilines is 1. The van der Waals surface area contributed by atoms with Crippen LogP contribution in [-0.2, 0) is 0 Å². The second-order valence-corrected chi connectivity index (χ2v) is 4.14. The van der Waals surface area contributed by atoms with Crippen LogP contribution < -0.4 is 11.1 Å². The molecule has 1 atom stereocenters. The average molecular weight is 304 g/mol. The van der Waals surface area contributed by atoms with Gasteiger partial charge in [0.1, 0.15) is 5.82 Å². The Morgan fingerprint density at radius 2 is 2.11 bits per heavy atom. The van der Waals surface area contributed by atoms with Crippen molar-refractivity contribution in [2.24, 2.45) is 0 Å². The fourth-order valence-corrected chi connectivity index (χ4v) is 2.23. The molecule has 5 nitrogen and oxygen atoms in total. The second-order valence-electron chi connectivity index (χ2n) is 4.14. The lowest BCUT2D eigenvalue weighted by Crippen LogP contribution is -2.45. The number of nitrogen functional groups attached to an aromatic ring is 1. The van der Waals surface area contributed by atoms with E-state index in [2.05, 4.69) is 21.3 Å². The highest BCUT2D eigenvalue weighted by Gasteiger charge is 2.23. The van der Waals surface area contributed by atoms with Gasteiger partial charge in [-0.3, -0.25) is 4.90 Å². The van der Waals surface area contributed by atoms with Crippen molar-refractivity contribution in [3.63, 3.8) is 0 Å². The highest BCUT2D eigenvalue weighted by molar-refractivity contribution is 5.85. The van der Waals surface area contributed by atoms with Gasteiger partial charge in [-0.1, -0.05) is 6.07 Å². The molecule has 19 heavy (non-hydrogen) atoms. The van der Waals surface area contributed by atoms with Gasteiger partial charge in [-0.15, -0.1) is 24.8 Å². The van der Waals surface area contributed by atoms with E-state index in [4.69, 9.17) is 11.0 Å². The van der Waals surface area contributed by atoms with E-state index in [0.717, 1.165) is 31.7 Å². The Labute approximate surface area is 126 Å². The first-order valence-corrected chi connectivity index (χ1v) is 5.85. The molecular formula is C12H19Cl2N5. The number of aromatic nitrogens is 1. The molecule has 2 heterocycles. The van der Waals surface area contributed by atoms with Crippen LogP contribution in [0.1, 0.15) is 18.0 Å². The third kappa shape index (κ3) is 4.51. The largest absolute Gasteiger partial charge is 0.383 e. The molecule has 3 N–H and O–H groups in total. The Morgan fingerprint density at radius 3 is 2.68 bits per heavy atom. The molecule has 0 radical (unpaired) electrons. The van der Waals surface area contributed by atoms with Crippen LogP contribution in [-0.4, -0.2) is 36.1 Å². The molecule has 0 aliphatic carbocycles. The van der Waals surface area contributed by atoms with Crippen molar-refractivity contribution >= 4 is 30.6 Å². The third-order valence-corrected chi connectivity index (χ3v) is 3.11. The van der Waals surface area contributed by atoms with E-state index in [9.17, 15) is 0 Å². The summed E-state index contributed by atoms with van der Waals surface area (Å²) < 4.78 is 0. The van der Waals surface area contributed by atoms with Crippen LogP contribution in [0.2, 0.25) is 0 Å². The molecule has 1 saturated heterocycles. The fourth-order valence-electron chi connectivity index (χ4n) is 2.23. The van der Waals surface area contributed by atoms with Crippen LogP contribution in [0.4, 0.5) is 5.82 Å². The van der Waals surface area contributed by atoms with E-state index in [1.54, 1.807) is 6.20 Å². The maximum absolute atomic E-state index is 8.97. The minimum atomic E-state index is 0. The Bertz CT molecular complexity index is 415. The minimum Gasteiger partial charge on any atom is -0.383 e. The smallest absolute Gasteiger partial charge is 0.128 e. The summed E-state index contributed by atoms with van der Waals surface area (Å²) in [5, 5.41) is 12.3. The van der Waals surface area contributed by atoms with Crippen molar-refractivity contribution in [3.05, 3.63) is 23.9 Å². The normalized spacial score (nSPS) is 16.6. The second kappa shape index (κ2) is 8.94. The van der Waals surface area contributed by atoms with E-state index < -0.39 is 0 Å². The molecule has 1 aromatic heterocycles. The van der Waals surface area contributed by atoms with Crippen LogP contribution in [0, 0.1) is 11.3 Å². The molecule has 0 aromatic carbocycles. The van der Waals surface area contributed by atoms with Crippen LogP contribution in [0.15, 0.2) is 18.3 Å². The van der Waals surface area contributed by atoms with Gasteiger partial charge in [0.25, 0.3) is 0 Å². The number of nitriles is 1. The SMILES string of the molecule is Cl.Cl.N#CC[C@H](c1cccnc1N)N1CCNCC1. The van der Waals surface area contributed by atoms with Gasteiger partial charge in [-0.25, -0.2) is 4.98 Å². The van der Waals surface area contributed by atoms with Gasteiger partial charge in [0.05, 0.1) is 18.5 Å². The molecule has 7 heteroatoms. The maximum Gasteiger partial charge on any atom is 0.128 e. The predicted molar refractivity (Wildman–Crippen MR) is 80.6 cm³/mol. The van der Waals surface area contributed by atoms with E-state index in [1.807, 2.05) is 12.1 Å². The van der Waals surface area contributed by atoms with E-state index >= 15 is 0 Å². The maximum atomic E-state index is 8.97. The van der Waals surface area contributed by atoms with Gasteiger partial charge in [-0.05, 0) is 6.07 Å². The molecule has 1 aliphatic heterocycles. The molecule has 0 spiro atoms. The van der Waals surface area contributed by atoms with Crippen molar-refractivity contribution in [3.8, 4) is 6.07 Å². The zero-order chi connectivity index (χ0) is 12.1. The molecule has 1 aromatic rings. The number of hydrogen-bond acceptors (Lipinski definition) is 5. The van der Waals surface area contributed by atoms with Gasteiger partial charge in [0, 0.05) is 37.9 Å². The van der Waals surface area contributed by atoms with Gasteiger partial charge >= 0.3 is 0 Å². The number of nitrogens with zero attached hydrogens (tertiary/aromatic N) is 3. The molecule has 0 bridgehead atoms. The summed E-state index contributed by atoms with van der Waals surface area (Å²) in [4.78, 5) is 6.40.